The topological polar surface area (TPSA) is 97.5 Å². The van der Waals surface area contributed by atoms with E-state index in [2.05, 4.69) is 15.6 Å². The minimum atomic E-state index is -0.314. The number of hydrogen-bond donors (Lipinski definition) is 4. The molecule has 1 aliphatic rings. The maximum Gasteiger partial charge on any atom is 0.268 e. The standard InChI is InChI=1S/C22H25ClN4O3S/c1-2-27(7-8-28)12-19(29)26-20-15-6-4-3-5-13(15)9-16(20)24-21(30)17-10-14-11-18(23)31-22(14)25-17/h3-6,10-11,16,20,25,28H,2,7-9,12H2,1H3,(H,24,30)(H,26,29)/t16-,20+/m1/s1. The monoisotopic (exact) mass is 460 g/mol. The van der Waals surface area contributed by atoms with Gasteiger partial charge in [-0.2, -0.15) is 0 Å². The predicted octanol–water partition coefficient (Wildman–Crippen LogP) is 2.71. The number of thiophene rings is 1. The number of aromatic amines is 1. The molecule has 31 heavy (non-hydrogen) atoms. The zero-order valence-electron chi connectivity index (χ0n) is 17.2. The van der Waals surface area contributed by atoms with Crippen molar-refractivity contribution in [1.82, 2.24) is 20.5 Å². The molecule has 2 amide bonds. The van der Waals surface area contributed by atoms with E-state index in [4.69, 9.17) is 16.7 Å². The van der Waals surface area contributed by atoms with Gasteiger partial charge < -0.3 is 20.7 Å². The van der Waals surface area contributed by atoms with Crippen LogP contribution in [0.3, 0.4) is 0 Å². The number of H-pyrrole nitrogens is 1. The molecule has 9 heteroatoms. The van der Waals surface area contributed by atoms with E-state index < -0.39 is 0 Å². The molecular formula is C22H25ClN4O3S. The van der Waals surface area contributed by atoms with Crippen molar-refractivity contribution in [2.24, 2.45) is 0 Å². The molecule has 4 rings (SSSR count). The summed E-state index contributed by atoms with van der Waals surface area (Å²) < 4.78 is 0.671. The second kappa shape index (κ2) is 9.40. The molecule has 0 aliphatic heterocycles. The van der Waals surface area contributed by atoms with Crippen LogP contribution in [0.5, 0.6) is 0 Å². The van der Waals surface area contributed by atoms with E-state index in [0.29, 0.717) is 29.5 Å². The Morgan fingerprint density at radius 3 is 2.84 bits per heavy atom. The number of aliphatic hydroxyl groups excluding tert-OH is 1. The number of nitrogens with one attached hydrogen (secondary N) is 3. The van der Waals surface area contributed by atoms with Crippen LogP contribution >= 0.6 is 22.9 Å². The van der Waals surface area contributed by atoms with Gasteiger partial charge in [0.25, 0.3) is 5.91 Å². The molecule has 2 aromatic heterocycles. The Morgan fingerprint density at radius 1 is 1.29 bits per heavy atom. The molecule has 0 unspecified atom stereocenters. The maximum absolute atomic E-state index is 12.9. The molecule has 0 bridgehead atoms. The third-order valence-corrected chi connectivity index (χ3v) is 6.81. The maximum atomic E-state index is 12.9. The molecule has 3 aromatic rings. The van der Waals surface area contributed by atoms with Crippen molar-refractivity contribution < 1.29 is 14.7 Å². The van der Waals surface area contributed by atoms with Gasteiger partial charge in [-0.1, -0.05) is 42.8 Å². The highest BCUT2D eigenvalue weighted by Gasteiger charge is 2.35. The number of hydrogen-bond acceptors (Lipinski definition) is 5. The first-order valence-electron chi connectivity index (χ1n) is 10.3. The molecule has 1 aromatic carbocycles. The average molecular weight is 461 g/mol. The number of amides is 2. The lowest BCUT2D eigenvalue weighted by atomic mass is 10.1. The average Bonchev–Trinajstić information content (AvgIpc) is 3.39. The summed E-state index contributed by atoms with van der Waals surface area (Å²) in [7, 11) is 0. The van der Waals surface area contributed by atoms with Gasteiger partial charge in [0.15, 0.2) is 0 Å². The van der Waals surface area contributed by atoms with Gasteiger partial charge in [-0.3, -0.25) is 14.5 Å². The summed E-state index contributed by atoms with van der Waals surface area (Å²) in [6, 6.07) is 11.0. The van der Waals surface area contributed by atoms with E-state index in [9.17, 15) is 9.59 Å². The van der Waals surface area contributed by atoms with E-state index in [1.165, 1.54) is 11.3 Å². The summed E-state index contributed by atoms with van der Waals surface area (Å²) in [5.41, 5.74) is 2.60. The number of likely N-dealkylation sites (N-methyl/N-ethyl adjacent to an activating group) is 1. The fourth-order valence-electron chi connectivity index (χ4n) is 4.08. The van der Waals surface area contributed by atoms with Gasteiger partial charge in [0.1, 0.15) is 10.5 Å². The minimum Gasteiger partial charge on any atom is -0.395 e. The van der Waals surface area contributed by atoms with Crippen LogP contribution < -0.4 is 10.6 Å². The third kappa shape index (κ3) is 4.77. The SMILES string of the molecule is CCN(CCO)CC(=O)N[C@H]1c2ccccc2C[C@H]1NC(=O)c1cc2cc(Cl)sc2[nH]1. The second-order valence-corrected chi connectivity index (χ2v) is 9.32. The Bertz CT molecular complexity index is 1060. The van der Waals surface area contributed by atoms with Crippen molar-refractivity contribution in [2.45, 2.75) is 25.4 Å². The van der Waals surface area contributed by atoms with Gasteiger partial charge >= 0.3 is 0 Å². The lowest BCUT2D eigenvalue weighted by Gasteiger charge is -2.25. The van der Waals surface area contributed by atoms with E-state index >= 15 is 0 Å². The smallest absolute Gasteiger partial charge is 0.268 e. The number of nitrogens with zero attached hydrogens (tertiary/aromatic N) is 1. The lowest BCUT2D eigenvalue weighted by Crippen LogP contribution is -2.47. The molecule has 2 heterocycles. The van der Waals surface area contributed by atoms with Gasteiger partial charge in [-0.15, -0.1) is 11.3 Å². The van der Waals surface area contributed by atoms with Crippen molar-refractivity contribution in [3.05, 3.63) is 57.6 Å². The molecule has 1 aliphatic carbocycles. The van der Waals surface area contributed by atoms with Crippen LogP contribution in [0.4, 0.5) is 0 Å². The van der Waals surface area contributed by atoms with E-state index in [-0.39, 0.29) is 37.0 Å². The molecule has 0 fully saturated rings. The predicted molar refractivity (Wildman–Crippen MR) is 123 cm³/mol. The summed E-state index contributed by atoms with van der Waals surface area (Å²) in [6.45, 7) is 3.27. The highest BCUT2D eigenvalue weighted by molar-refractivity contribution is 7.22. The van der Waals surface area contributed by atoms with Crippen LogP contribution in [-0.2, 0) is 11.2 Å². The van der Waals surface area contributed by atoms with Crippen LogP contribution in [0.15, 0.2) is 36.4 Å². The number of aromatic nitrogens is 1. The minimum absolute atomic E-state index is 0.00484. The number of benzene rings is 1. The summed E-state index contributed by atoms with van der Waals surface area (Å²) in [5.74, 6) is -0.349. The fraction of sp³-hybridized carbons (Fsp3) is 0.364. The first-order valence-corrected chi connectivity index (χ1v) is 11.5. The quantitative estimate of drug-likeness (QED) is 0.415. The zero-order valence-corrected chi connectivity index (χ0v) is 18.7. The van der Waals surface area contributed by atoms with Crippen molar-refractivity contribution in [2.75, 3.05) is 26.2 Å². The summed E-state index contributed by atoms with van der Waals surface area (Å²) in [4.78, 5) is 31.5. The summed E-state index contributed by atoms with van der Waals surface area (Å²) >= 11 is 7.41. The van der Waals surface area contributed by atoms with Crippen molar-refractivity contribution >= 4 is 45.0 Å². The first-order chi connectivity index (χ1) is 15.0. The second-order valence-electron chi connectivity index (χ2n) is 7.64. The van der Waals surface area contributed by atoms with Crippen LogP contribution in [0.1, 0.15) is 34.6 Å². The van der Waals surface area contributed by atoms with Crippen molar-refractivity contribution in [3.63, 3.8) is 0 Å². The Hall–Kier alpha value is -2.39. The van der Waals surface area contributed by atoms with Gasteiger partial charge in [0.2, 0.25) is 5.91 Å². The Morgan fingerprint density at radius 2 is 2.10 bits per heavy atom. The highest BCUT2D eigenvalue weighted by Crippen LogP contribution is 2.32. The highest BCUT2D eigenvalue weighted by atomic mass is 35.5. The largest absolute Gasteiger partial charge is 0.395 e. The van der Waals surface area contributed by atoms with Crippen LogP contribution in [-0.4, -0.2) is 59.1 Å². The Kier molecular flexibility index (Phi) is 6.62. The van der Waals surface area contributed by atoms with Crippen LogP contribution in [0.25, 0.3) is 10.2 Å². The van der Waals surface area contributed by atoms with Crippen molar-refractivity contribution in [3.8, 4) is 0 Å². The molecule has 2 atom stereocenters. The molecular weight excluding hydrogens is 436 g/mol. The molecule has 0 saturated heterocycles. The van der Waals surface area contributed by atoms with Gasteiger partial charge in [0.05, 0.1) is 29.6 Å². The van der Waals surface area contributed by atoms with Crippen LogP contribution in [0.2, 0.25) is 4.34 Å². The molecule has 0 radical (unpaired) electrons. The molecule has 0 spiro atoms. The molecule has 164 valence electrons. The molecule has 0 saturated carbocycles. The number of rotatable bonds is 8. The fourth-order valence-corrected chi connectivity index (χ4v) is 5.21. The van der Waals surface area contributed by atoms with Crippen LogP contribution in [0, 0.1) is 0 Å². The number of aliphatic hydroxyl groups is 1. The Balaban J connectivity index is 1.49. The number of carbonyl (C=O) groups excluding carboxylic acids is 2. The lowest BCUT2D eigenvalue weighted by molar-refractivity contribution is -0.123. The zero-order chi connectivity index (χ0) is 22.0. The van der Waals surface area contributed by atoms with E-state index in [0.717, 1.165) is 21.3 Å². The van der Waals surface area contributed by atoms with Gasteiger partial charge in [-0.25, -0.2) is 0 Å². The van der Waals surface area contributed by atoms with Gasteiger partial charge in [0, 0.05) is 11.9 Å². The number of halogens is 1. The summed E-state index contributed by atoms with van der Waals surface area (Å²) in [6.07, 6.45) is 0.641. The molecule has 4 N–H and O–H groups in total. The van der Waals surface area contributed by atoms with E-state index in [1.807, 2.05) is 42.2 Å². The summed E-state index contributed by atoms with van der Waals surface area (Å²) in [5, 5.41) is 16.3. The van der Waals surface area contributed by atoms with Crippen molar-refractivity contribution in [1.29, 1.82) is 0 Å². The third-order valence-electron chi connectivity index (χ3n) is 5.62. The molecule has 7 nitrogen and oxygen atoms in total. The normalized spacial score (nSPS) is 17.8. The number of carbonyl (C=O) groups is 2. The first kappa shape index (κ1) is 21.8. The van der Waals surface area contributed by atoms with E-state index in [1.54, 1.807) is 6.07 Å². The van der Waals surface area contributed by atoms with Gasteiger partial charge in [-0.05, 0) is 36.2 Å². The number of fused-ring (bicyclic) bond motifs is 2. The Labute approximate surface area is 189 Å².